The first kappa shape index (κ1) is 30.5. The maximum absolute atomic E-state index is 14.1. The van der Waals surface area contributed by atoms with Gasteiger partial charge in [0.15, 0.2) is 0 Å². The smallest absolute Gasteiger partial charge is 0.277 e. The van der Waals surface area contributed by atoms with Gasteiger partial charge in [-0.1, -0.05) is 29.8 Å². The van der Waals surface area contributed by atoms with E-state index in [1.165, 1.54) is 94.8 Å². The number of rotatable bonds is 11. The van der Waals surface area contributed by atoms with Crippen molar-refractivity contribution in [2.75, 3.05) is 14.3 Å². The van der Waals surface area contributed by atoms with Crippen LogP contribution in [0.3, 0.4) is 0 Å². The first-order valence-corrected chi connectivity index (χ1v) is 16.1. The van der Waals surface area contributed by atoms with Crippen molar-refractivity contribution in [3.8, 4) is 0 Å². The fourth-order valence-electron chi connectivity index (χ4n) is 4.15. The number of nitrogens with zero attached hydrogens (tertiary/aromatic N) is 5. The highest BCUT2D eigenvalue weighted by atomic mass is 35.5. The second-order valence-corrected chi connectivity index (χ2v) is 13.6. The highest BCUT2D eigenvalue weighted by Crippen LogP contribution is 2.33. The molecule has 0 aliphatic rings. The van der Waals surface area contributed by atoms with Gasteiger partial charge in [-0.05, 0) is 54.6 Å². The van der Waals surface area contributed by atoms with E-state index in [2.05, 4.69) is 20.6 Å². The molecular formula is C28H24ClN7O6S2. The van der Waals surface area contributed by atoms with Gasteiger partial charge in [0.1, 0.15) is 13.1 Å². The Bertz CT molecular complexity index is 1890. The summed E-state index contributed by atoms with van der Waals surface area (Å²) in [5.74, 6) is -0.910. The molecule has 3 aromatic carbocycles. The number of benzene rings is 3. The van der Waals surface area contributed by atoms with Gasteiger partial charge in [-0.15, -0.1) is 0 Å². The standard InChI is InChI=1S/C28H24ClN7O6S2/c29-21-4-1-7-24(14-21)36(43(39,40)25-8-2-5-22(15-25)32-27(37)17-34-12-10-30-19-34)44(41,42)26-9-3-6-23(16-26)33-28(38)18-35-13-11-31-20-35/h1-16,19-20H,17-18H2,(H,32,37)(H,33,38). The molecule has 0 aliphatic heterocycles. The summed E-state index contributed by atoms with van der Waals surface area (Å²) in [6, 6.07) is 15.8. The number of imidazole rings is 2. The van der Waals surface area contributed by atoms with Gasteiger partial charge in [0, 0.05) is 41.2 Å². The largest absolute Gasteiger partial charge is 0.328 e. The molecule has 0 saturated heterocycles. The number of aromatic nitrogens is 4. The number of halogens is 1. The Kier molecular flexibility index (Phi) is 8.80. The third-order valence-electron chi connectivity index (χ3n) is 6.06. The lowest BCUT2D eigenvalue weighted by molar-refractivity contribution is -0.117. The molecule has 0 aliphatic carbocycles. The van der Waals surface area contributed by atoms with Crippen LogP contribution in [0.1, 0.15) is 0 Å². The normalized spacial score (nSPS) is 11.6. The van der Waals surface area contributed by atoms with E-state index in [-0.39, 0.29) is 38.9 Å². The molecule has 2 N–H and O–H groups in total. The topological polar surface area (TPSA) is 165 Å². The van der Waals surface area contributed by atoms with E-state index in [1.54, 1.807) is 12.4 Å². The molecule has 44 heavy (non-hydrogen) atoms. The van der Waals surface area contributed by atoms with Crippen molar-refractivity contribution in [1.82, 2.24) is 19.1 Å². The number of sulfonamides is 2. The predicted molar refractivity (Wildman–Crippen MR) is 163 cm³/mol. The number of carbonyl (C=O) groups is 2. The number of amides is 2. The van der Waals surface area contributed by atoms with Crippen molar-refractivity contribution in [3.63, 3.8) is 0 Å². The molecule has 0 radical (unpaired) electrons. The molecule has 0 bridgehead atoms. The second kappa shape index (κ2) is 12.7. The van der Waals surface area contributed by atoms with Crippen LogP contribution in [0, 0.1) is 0 Å². The van der Waals surface area contributed by atoms with Crippen LogP contribution in [0.2, 0.25) is 5.02 Å². The average Bonchev–Trinajstić information content (AvgIpc) is 3.68. The molecule has 16 heteroatoms. The van der Waals surface area contributed by atoms with Crippen LogP contribution in [0.25, 0.3) is 0 Å². The molecule has 0 unspecified atom stereocenters. The molecule has 5 rings (SSSR count). The first-order chi connectivity index (χ1) is 21.0. The highest BCUT2D eigenvalue weighted by molar-refractivity contribution is 8.10. The Hall–Kier alpha value is -4.99. The van der Waals surface area contributed by atoms with Crippen LogP contribution in [0.4, 0.5) is 17.1 Å². The van der Waals surface area contributed by atoms with Gasteiger partial charge in [0.25, 0.3) is 20.0 Å². The third kappa shape index (κ3) is 6.96. The number of hydrogen-bond acceptors (Lipinski definition) is 8. The van der Waals surface area contributed by atoms with E-state index < -0.39 is 41.7 Å². The second-order valence-electron chi connectivity index (χ2n) is 9.31. The Balaban J connectivity index is 1.49. The maximum Gasteiger partial charge on any atom is 0.277 e. The number of anilines is 3. The Morgan fingerprint density at radius 3 is 1.61 bits per heavy atom. The summed E-state index contributed by atoms with van der Waals surface area (Å²) in [6.45, 7) is -0.148. The molecule has 5 aromatic rings. The van der Waals surface area contributed by atoms with Crippen molar-refractivity contribution in [2.45, 2.75) is 22.9 Å². The van der Waals surface area contributed by atoms with Gasteiger partial charge in [0.05, 0.1) is 28.1 Å². The van der Waals surface area contributed by atoms with E-state index >= 15 is 0 Å². The van der Waals surface area contributed by atoms with Crippen LogP contribution >= 0.6 is 11.6 Å². The lowest BCUT2D eigenvalue weighted by atomic mass is 10.3. The summed E-state index contributed by atoms with van der Waals surface area (Å²) in [5.41, 5.74) is 0.00561. The number of carbonyl (C=O) groups excluding carboxylic acids is 2. The van der Waals surface area contributed by atoms with Gasteiger partial charge >= 0.3 is 0 Å². The molecule has 0 fully saturated rings. The van der Waals surface area contributed by atoms with Crippen LogP contribution in [0.5, 0.6) is 0 Å². The SMILES string of the molecule is O=C(Cn1ccnc1)Nc1cccc(S(=O)(=O)N(c2cccc(Cl)c2)S(=O)(=O)c2cccc(NC(=O)Cn3ccnc3)c2)c1. The Morgan fingerprint density at radius 2 is 1.18 bits per heavy atom. The summed E-state index contributed by atoms with van der Waals surface area (Å²) < 4.78 is 59.7. The van der Waals surface area contributed by atoms with Gasteiger partial charge in [-0.3, -0.25) is 9.59 Å². The minimum atomic E-state index is -4.83. The van der Waals surface area contributed by atoms with Gasteiger partial charge < -0.3 is 19.8 Å². The van der Waals surface area contributed by atoms with Crippen LogP contribution in [-0.4, -0.2) is 47.8 Å². The molecule has 2 amide bonds. The molecule has 0 atom stereocenters. The first-order valence-electron chi connectivity index (χ1n) is 12.8. The zero-order chi connectivity index (χ0) is 31.3. The monoisotopic (exact) mass is 653 g/mol. The maximum atomic E-state index is 14.1. The van der Waals surface area contributed by atoms with Crippen molar-refractivity contribution in [1.29, 1.82) is 0 Å². The molecular weight excluding hydrogens is 630 g/mol. The van der Waals surface area contributed by atoms with E-state index in [9.17, 15) is 26.4 Å². The van der Waals surface area contributed by atoms with Gasteiger partial charge in [-0.2, -0.15) is 3.71 Å². The molecule has 0 saturated carbocycles. The summed E-state index contributed by atoms with van der Waals surface area (Å²) in [6.07, 6.45) is 9.11. The zero-order valence-electron chi connectivity index (χ0n) is 22.7. The summed E-state index contributed by atoms with van der Waals surface area (Å²) in [4.78, 5) is 31.9. The van der Waals surface area contributed by atoms with Crippen LogP contribution < -0.4 is 14.3 Å². The van der Waals surface area contributed by atoms with Crippen molar-refractivity contribution in [2.24, 2.45) is 0 Å². The molecule has 2 heterocycles. The molecule has 226 valence electrons. The van der Waals surface area contributed by atoms with E-state index in [0.717, 1.165) is 12.1 Å². The van der Waals surface area contributed by atoms with Crippen molar-refractivity contribution < 1.29 is 26.4 Å². The molecule has 0 spiro atoms. The van der Waals surface area contributed by atoms with Crippen molar-refractivity contribution >= 4 is 60.5 Å². The fourth-order valence-corrected chi connectivity index (χ4v) is 8.10. The van der Waals surface area contributed by atoms with E-state index in [0.29, 0.717) is 0 Å². The third-order valence-corrected chi connectivity index (χ3v) is 10.5. The minimum Gasteiger partial charge on any atom is -0.328 e. The van der Waals surface area contributed by atoms with Crippen molar-refractivity contribution in [3.05, 3.63) is 115 Å². The summed E-state index contributed by atoms with van der Waals surface area (Å²) >= 11 is 6.14. The van der Waals surface area contributed by atoms with Gasteiger partial charge in [0.2, 0.25) is 11.8 Å². The average molecular weight is 654 g/mol. The lowest BCUT2D eigenvalue weighted by Crippen LogP contribution is -2.37. The summed E-state index contributed by atoms with van der Waals surface area (Å²) in [5, 5.41) is 5.31. The van der Waals surface area contributed by atoms with Crippen LogP contribution in [0.15, 0.2) is 120 Å². The lowest BCUT2D eigenvalue weighted by Gasteiger charge is -2.25. The number of nitrogens with one attached hydrogen (secondary N) is 2. The van der Waals surface area contributed by atoms with Gasteiger partial charge in [-0.25, -0.2) is 26.8 Å². The zero-order valence-corrected chi connectivity index (χ0v) is 25.1. The predicted octanol–water partition coefficient (Wildman–Crippen LogP) is 3.59. The van der Waals surface area contributed by atoms with E-state index in [4.69, 9.17) is 11.6 Å². The number of hydrogen-bond donors (Lipinski definition) is 2. The quantitative estimate of drug-likeness (QED) is 0.218. The van der Waals surface area contributed by atoms with Crippen LogP contribution in [-0.2, 0) is 42.7 Å². The summed E-state index contributed by atoms with van der Waals surface area (Å²) in [7, 11) is -9.67. The minimum absolute atomic E-state index is 0.0742. The molecule has 2 aromatic heterocycles. The molecule has 13 nitrogen and oxygen atoms in total. The highest BCUT2D eigenvalue weighted by Gasteiger charge is 2.37. The Labute approximate surface area is 257 Å². The fraction of sp³-hybridized carbons (Fsp3) is 0.0714. The Morgan fingerprint density at radius 1 is 0.705 bits per heavy atom. The van der Waals surface area contributed by atoms with E-state index in [1.807, 2.05) is 0 Å².